The lowest BCUT2D eigenvalue weighted by molar-refractivity contribution is -0.128. The van der Waals surface area contributed by atoms with Crippen molar-refractivity contribution in [2.75, 3.05) is 13.1 Å². The van der Waals surface area contributed by atoms with Crippen LogP contribution in [0, 0.1) is 0 Å². The van der Waals surface area contributed by atoms with E-state index in [9.17, 15) is 9.90 Å². The summed E-state index contributed by atoms with van der Waals surface area (Å²) in [6.45, 7) is 1.13. The number of aliphatic hydroxyl groups excluding tert-OH is 1. The highest BCUT2D eigenvalue weighted by molar-refractivity contribution is 6.32. The summed E-state index contributed by atoms with van der Waals surface area (Å²) in [5.74, 6) is -0.0753. The molecule has 0 saturated carbocycles. The molecular weight excluding hydrogens is 250 g/mol. The maximum atomic E-state index is 11.9. The van der Waals surface area contributed by atoms with E-state index in [1.54, 1.807) is 17.0 Å². The number of halogens is 1. The van der Waals surface area contributed by atoms with Gasteiger partial charge in [0.2, 0.25) is 5.91 Å². The van der Waals surface area contributed by atoms with Gasteiger partial charge < -0.3 is 10.0 Å². The van der Waals surface area contributed by atoms with Gasteiger partial charge in [0.1, 0.15) is 0 Å². The lowest BCUT2D eigenvalue weighted by Gasteiger charge is -2.29. The van der Waals surface area contributed by atoms with Crippen molar-refractivity contribution in [1.82, 2.24) is 4.90 Å². The summed E-state index contributed by atoms with van der Waals surface area (Å²) in [6.07, 6.45) is 4.46. The fraction of sp³-hybridized carbons (Fsp3) is 0.357. The molecule has 0 aliphatic carbocycles. The third-order valence-electron chi connectivity index (χ3n) is 3.02. The van der Waals surface area contributed by atoms with E-state index >= 15 is 0 Å². The van der Waals surface area contributed by atoms with Crippen molar-refractivity contribution in [3.05, 3.63) is 40.9 Å². The van der Waals surface area contributed by atoms with Crippen LogP contribution in [0.3, 0.4) is 0 Å². The minimum absolute atomic E-state index is 0.0753. The molecule has 1 N–H and O–H groups in total. The van der Waals surface area contributed by atoms with E-state index in [2.05, 4.69) is 0 Å². The Kier molecular flexibility index (Phi) is 4.39. The summed E-state index contributed by atoms with van der Waals surface area (Å²) >= 11 is 6.00. The van der Waals surface area contributed by atoms with Gasteiger partial charge in [0, 0.05) is 24.2 Å². The van der Waals surface area contributed by atoms with Crippen molar-refractivity contribution in [3.63, 3.8) is 0 Å². The van der Waals surface area contributed by atoms with E-state index in [0.29, 0.717) is 18.1 Å². The summed E-state index contributed by atoms with van der Waals surface area (Å²) in [5.41, 5.74) is 0.824. The number of aliphatic hydroxyl groups is 1. The maximum Gasteiger partial charge on any atom is 0.246 e. The van der Waals surface area contributed by atoms with Gasteiger partial charge in [-0.15, -0.1) is 0 Å². The van der Waals surface area contributed by atoms with Crippen LogP contribution in [0.25, 0.3) is 6.08 Å². The molecule has 0 bridgehead atoms. The summed E-state index contributed by atoms with van der Waals surface area (Å²) in [6, 6.07) is 7.37. The van der Waals surface area contributed by atoms with Crippen LogP contribution in [0.15, 0.2) is 30.3 Å². The molecule has 3 nitrogen and oxygen atoms in total. The number of benzene rings is 1. The summed E-state index contributed by atoms with van der Waals surface area (Å²) in [7, 11) is 0. The number of nitrogens with zero attached hydrogens (tertiary/aromatic N) is 1. The number of amides is 1. The number of carbonyl (C=O) groups excluding carboxylic acids is 1. The van der Waals surface area contributed by atoms with Crippen LogP contribution >= 0.6 is 11.6 Å². The average Bonchev–Trinajstić information content (AvgIpc) is 2.37. The number of likely N-dealkylation sites (tertiary alicyclic amines) is 1. The molecule has 96 valence electrons. The Labute approximate surface area is 112 Å². The largest absolute Gasteiger partial charge is 0.391 e. The van der Waals surface area contributed by atoms with Crippen molar-refractivity contribution >= 4 is 23.6 Å². The Morgan fingerprint density at radius 1 is 1.44 bits per heavy atom. The van der Waals surface area contributed by atoms with E-state index in [1.807, 2.05) is 18.2 Å². The van der Waals surface area contributed by atoms with Crippen LogP contribution in [-0.2, 0) is 4.79 Å². The number of rotatable bonds is 2. The van der Waals surface area contributed by atoms with Gasteiger partial charge in [0.15, 0.2) is 0 Å². The normalized spacial score (nSPS) is 20.3. The number of β-amino-alcohol motifs (C(OH)–C–C–N with tert-alkyl or cyclic N) is 1. The first-order chi connectivity index (χ1) is 8.66. The maximum absolute atomic E-state index is 11.9. The van der Waals surface area contributed by atoms with Gasteiger partial charge in [-0.1, -0.05) is 29.8 Å². The third-order valence-corrected chi connectivity index (χ3v) is 3.36. The zero-order valence-corrected chi connectivity index (χ0v) is 10.8. The van der Waals surface area contributed by atoms with Gasteiger partial charge in [-0.05, 0) is 30.5 Å². The van der Waals surface area contributed by atoms with Gasteiger partial charge in [-0.25, -0.2) is 0 Å². The van der Waals surface area contributed by atoms with Crippen molar-refractivity contribution in [3.8, 4) is 0 Å². The molecule has 4 heteroatoms. The molecule has 1 heterocycles. The monoisotopic (exact) mass is 265 g/mol. The second-order valence-electron chi connectivity index (χ2n) is 4.44. The summed E-state index contributed by atoms with van der Waals surface area (Å²) in [4.78, 5) is 13.6. The lowest BCUT2D eigenvalue weighted by Crippen LogP contribution is -2.41. The topological polar surface area (TPSA) is 40.5 Å². The fourth-order valence-electron chi connectivity index (χ4n) is 2.03. The van der Waals surface area contributed by atoms with E-state index in [-0.39, 0.29) is 5.91 Å². The zero-order valence-electron chi connectivity index (χ0n) is 10.1. The molecule has 2 rings (SSSR count). The predicted molar refractivity (Wildman–Crippen MR) is 72.3 cm³/mol. The van der Waals surface area contributed by atoms with E-state index < -0.39 is 6.10 Å². The van der Waals surface area contributed by atoms with E-state index in [0.717, 1.165) is 18.4 Å². The highest BCUT2D eigenvalue weighted by Crippen LogP contribution is 2.17. The Balaban J connectivity index is 2.01. The molecule has 0 aromatic heterocycles. The molecule has 0 unspecified atom stereocenters. The van der Waals surface area contributed by atoms with Gasteiger partial charge in [0.05, 0.1) is 6.10 Å². The van der Waals surface area contributed by atoms with Gasteiger partial charge in [0.25, 0.3) is 0 Å². The Morgan fingerprint density at radius 2 is 2.22 bits per heavy atom. The highest BCUT2D eigenvalue weighted by Gasteiger charge is 2.20. The Bertz CT molecular complexity index is 459. The molecule has 1 saturated heterocycles. The first-order valence-electron chi connectivity index (χ1n) is 6.06. The van der Waals surface area contributed by atoms with Crippen molar-refractivity contribution in [2.45, 2.75) is 18.9 Å². The molecule has 1 fully saturated rings. The molecule has 1 atom stereocenters. The minimum Gasteiger partial charge on any atom is -0.391 e. The molecule has 0 spiro atoms. The van der Waals surface area contributed by atoms with E-state index in [1.165, 1.54) is 6.08 Å². The molecule has 1 amide bonds. The number of piperidine rings is 1. The van der Waals surface area contributed by atoms with Crippen LogP contribution < -0.4 is 0 Å². The predicted octanol–water partition coefficient (Wildman–Crippen LogP) is 2.34. The van der Waals surface area contributed by atoms with Crippen molar-refractivity contribution < 1.29 is 9.90 Å². The Morgan fingerprint density at radius 3 is 2.94 bits per heavy atom. The number of hydrogen-bond donors (Lipinski definition) is 1. The van der Waals surface area contributed by atoms with Gasteiger partial charge >= 0.3 is 0 Å². The lowest BCUT2D eigenvalue weighted by atomic mass is 10.1. The SMILES string of the molecule is O=C(/C=C/c1ccccc1Cl)N1CCC[C@H](O)C1. The van der Waals surface area contributed by atoms with Crippen molar-refractivity contribution in [2.24, 2.45) is 0 Å². The van der Waals surface area contributed by atoms with E-state index in [4.69, 9.17) is 11.6 Å². The Hall–Kier alpha value is -1.32. The highest BCUT2D eigenvalue weighted by atomic mass is 35.5. The second-order valence-corrected chi connectivity index (χ2v) is 4.84. The van der Waals surface area contributed by atoms with Crippen LogP contribution in [0.4, 0.5) is 0 Å². The minimum atomic E-state index is -0.392. The molecule has 0 radical (unpaired) electrons. The van der Waals surface area contributed by atoms with Crippen LogP contribution in [0.5, 0.6) is 0 Å². The van der Waals surface area contributed by atoms with Gasteiger partial charge in [-0.2, -0.15) is 0 Å². The number of hydrogen-bond acceptors (Lipinski definition) is 2. The third kappa shape index (κ3) is 3.34. The molecular formula is C14H16ClNO2. The molecule has 1 aromatic carbocycles. The second kappa shape index (κ2) is 6.03. The molecule has 1 aliphatic heterocycles. The average molecular weight is 266 g/mol. The molecule has 1 aromatic rings. The number of carbonyl (C=O) groups is 1. The molecule has 18 heavy (non-hydrogen) atoms. The fourth-order valence-corrected chi connectivity index (χ4v) is 2.23. The zero-order chi connectivity index (χ0) is 13.0. The van der Waals surface area contributed by atoms with Crippen LogP contribution in [0.2, 0.25) is 5.02 Å². The first kappa shape index (κ1) is 13.1. The van der Waals surface area contributed by atoms with Gasteiger partial charge in [-0.3, -0.25) is 4.79 Å². The summed E-state index contributed by atoms with van der Waals surface area (Å²) in [5, 5.41) is 10.1. The summed E-state index contributed by atoms with van der Waals surface area (Å²) < 4.78 is 0. The van der Waals surface area contributed by atoms with Crippen LogP contribution in [0.1, 0.15) is 18.4 Å². The van der Waals surface area contributed by atoms with Crippen molar-refractivity contribution in [1.29, 1.82) is 0 Å². The standard InChI is InChI=1S/C14H16ClNO2/c15-13-6-2-1-4-11(13)7-8-14(18)16-9-3-5-12(17)10-16/h1-2,4,6-8,12,17H,3,5,9-10H2/b8-7+/t12-/m0/s1. The smallest absolute Gasteiger partial charge is 0.246 e. The van der Waals surface area contributed by atoms with Crippen LogP contribution in [-0.4, -0.2) is 35.1 Å². The quantitative estimate of drug-likeness (QED) is 0.834. The molecule has 1 aliphatic rings. The first-order valence-corrected chi connectivity index (χ1v) is 6.44.